The summed E-state index contributed by atoms with van der Waals surface area (Å²) in [5.41, 5.74) is 0. The number of amides is 3. The molecule has 0 aromatic carbocycles. The number of rotatable bonds is 5. The van der Waals surface area contributed by atoms with E-state index >= 15 is 0 Å². The molecule has 5 heteroatoms. The third kappa shape index (κ3) is 3.11. The molecule has 4 rings (SSSR count). The van der Waals surface area contributed by atoms with Gasteiger partial charge < -0.3 is 5.32 Å². The van der Waals surface area contributed by atoms with Gasteiger partial charge in [0, 0.05) is 19.0 Å². The number of likely N-dealkylation sites (tertiary alicyclic amines) is 1. The fourth-order valence-corrected chi connectivity index (χ4v) is 6.00. The van der Waals surface area contributed by atoms with E-state index in [1.54, 1.807) is 0 Å². The Morgan fingerprint density at radius 3 is 2.32 bits per heavy atom. The lowest BCUT2D eigenvalue weighted by atomic mass is 9.81. The van der Waals surface area contributed by atoms with Crippen molar-refractivity contribution in [3.05, 3.63) is 0 Å². The van der Waals surface area contributed by atoms with E-state index in [2.05, 4.69) is 12.2 Å². The van der Waals surface area contributed by atoms with Crippen LogP contribution in [0.4, 0.5) is 0 Å². The Labute approximate surface area is 149 Å². The van der Waals surface area contributed by atoms with Crippen LogP contribution in [-0.2, 0) is 14.4 Å². The second-order valence-corrected chi connectivity index (χ2v) is 8.77. The first-order valence-corrected chi connectivity index (χ1v) is 10.2. The minimum absolute atomic E-state index is 0.0225. The molecule has 6 atom stereocenters. The van der Waals surface area contributed by atoms with Crippen molar-refractivity contribution in [1.82, 2.24) is 10.2 Å². The van der Waals surface area contributed by atoms with Crippen molar-refractivity contribution in [3.8, 4) is 0 Å². The summed E-state index contributed by atoms with van der Waals surface area (Å²) in [5, 5.41) is 3.13. The highest BCUT2D eigenvalue weighted by Crippen LogP contribution is 2.49. The summed E-state index contributed by atoms with van der Waals surface area (Å²) in [6.07, 6.45) is 9.24. The van der Waals surface area contributed by atoms with Crippen LogP contribution in [0, 0.1) is 29.6 Å². The topological polar surface area (TPSA) is 66.5 Å². The van der Waals surface area contributed by atoms with Crippen molar-refractivity contribution in [2.45, 2.75) is 70.8 Å². The highest BCUT2D eigenvalue weighted by molar-refractivity contribution is 6.05. The summed E-state index contributed by atoms with van der Waals surface area (Å²) in [6.45, 7) is 2.37. The van der Waals surface area contributed by atoms with E-state index in [-0.39, 0.29) is 48.6 Å². The zero-order valence-corrected chi connectivity index (χ0v) is 15.2. The van der Waals surface area contributed by atoms with E-state index < -0.39 is 0 Å². The number of carbonyl (C=O) groups is 3. The summed E-state index contributed by atoms with van der Waals surface area (Å²) in [5.74, 6) is 1.94. The Balaban J connectivity index is 1.27. The smallest absolute Gasteiger partial charge is 0.233 e. The van der Waals surface area contributed by atoms with Gasteiger partial charge in [-0.25, -0.2) is 0 Å². The molecule has 0 spiro atoms. The minimum Gasteiger partial charge on any atom is -0.353 e. The van der Waals surface area contributed by atoms with E-state index in [0.29, 0.717) is 5.92 Å². The van der Waals surface area contributed by atoms with E-state index in [1.807, 2.05) is 0 Å². The van der Waals surface area contributed by atoms with Gasteiger partial charge in [0.25, 0.3) is 0 Å². The second-order valence-electron chi connectivity index (χ2n) is 8.77. The number of hydrogen-bond acceptors (Lipinski definition) is 3. The van der Waals surface area contributed by atoms with Crippen LogP contribution in [0.2, 0.25) is 0 Å². The Morgan fingerprint density at radius 2 is 1.76 bits per heavy atom. The quantitative estimate of drug-likeness (QED) is 0.778. The molecule has 1 N–H and O–H groups in total. The Morgan fingerprint density at radius 1 is 1.08 bits per heavy atom. The number of nitrogens with zero attached hydrogens (tertiary/aromatic N) is 1. The molecule has 3 saturated carbocycles. The van der Waals surface area contributed by atoms with Crippen LogP contribution in [0.25, 0.3) is 0 Å². The third-order valence-corrected chi connectivity index (χ3v) is 7.32. The third-order valence-electron chi connectivity index (χ3n) is 7.32. The van der Waals surface area contributed by atoms with Gasteiger partial charge in [-0.1, -0.05) is 19.3 Å². The second kappa shape index (κ2) is 6.73. The van der Waals surface area contributed by atoms with Gasteiger partial charge in [0.1, 0.15) is 0 Å². The molecule has 1 saturated heterocycles. The van der Waals surface area contributed by atoms with Gasteiger partial charge in [-0.05, 0) is 56.8 Å². The SMILES string of the molecule is C[C@H](NC(=O)CCN1C(=O)[C@@H]2CCCC[C@H]2C1=O)[C@H]1C[C@H]2CC[C@H]1C2. The molecule has 0 aromatic rings. The fourth-order valence-electron chi connectivity index (χ4n) is 6.00. The van der Waals surface area contributed by atoms with Crippen LogP contribution in [0.5, 0.6) is 0 Å². The van der Waals surface area contributed by atoms with Gasteiger partial charge in [0.2, 0.25) is 17.7 Å². The number of imide groups is 1. The molecule has 5 nitrogen and oxygen atoms in total. The zero-order chi connectivity index (χ0) is 17.6. The Hall–Kier alpha value is -1.39. The summed E-state index contributed by atoms with van der Waals surface area (Å²) < 4.78 is 0. The molecular formula is C20H30N2O3. The van der Waals surface area contributed by atoms with Crippen LogP contribution < -0.4 is 5.32 Å². The normalized spacial score (nSPS) is 38.1. The lowest BCUT2D eigenvalue weighted by molar-refractivity contribution is -0.140. The molecule has 1 heterocycles. The monoisotopic (exact) mass is 346 g/mol. The van der Waals surface area contributed by atoms with Gasteiger partial charge in [-0.2, -0.15) is 0 Å². The first kappa shape index (κ1) is 17.0. The van der Waals surface area contributed by atoms with Gasteiger partial charge in [-0.15, -0.1) is 0 Å². The summed E-state index contributed by atoms with van der Waals surface area (Å²) in [4.78, 5) is 38.6. The van der Waals surface area contributed by atoms with Crippen LogP contribution in [0.3, 0.4) is 0 Å². The Kier molecular flexibility index (Phi) is 4.59. The summed E-state index contributed by atoms with van der Waals surface area (Å²) >= 11 is 0. The minimum atomic E-state index is -0.114. The molecule has 4 aliphatic rings. The van der Waals surface area contributed by atoms with Crippen molar-refractivity contribution in [2.75, 3.05) is 6.54 Å². The molecule has 2 bridgehead atoms. The van der Waals surface area contributed by atoms with Crippen LogP contribution in [-0.4, -0.2) is 35.2 Å². The molecule has 25 heavy (non-hydrogen) atoms. The van der Waals surface area contributed by atoms with Crippen LogP contribution in [0.15, 0.2) is 0 Å². The molecule has 0 unspecified atom stereocenters. The number of carbonyl (C=O) groups excluding carboxylic acids is 3. The summed E-state index contributed by atoms with van der Waals surface area (Å²) in [7, 11) is 0. The highest BCUT2D eigenvalue weighted by Gasteiger charge is 2.48. The molecule has 138 valence electrons. The largest absolute Gasteiger partial charge is 0.353 e. The Bertz CT molecular complexity index is 551. The van der Waals surface area contributed by atoms with Gasteiger partial charge in [0.05, 0.1) is 11.8 Å². The maximum atomic E-state index is 12.5. The fraction of sp³-hybridized carbons (Fsp3) is 0.850. The average Bonchev–Trinajstić information content (AvgIpc) is 3.29. The van der Waals surface area contributed by atoms with Crippen LogP contribution in [0.1, 0.15) is 64.7 Å². The molecule has 1 aliphatic heterocycles. The molecule has 0 aromatic heterocycles. The van der Waals surface area contributed by atoms with Crippen molar-refractivity contribution < 1.29 is 14.4 Å². The predicted molar refractivity (Wildman–Crippen MR) is 93.3 cm³/mol. The standard InChI is InChI=1S/C20H30N2O3/c1-12(17-11-13-6-7-14(17)10-13)21-18(23)8-9-22-19(24)15-4-2-3-5-16(15)20(22)25/h12-17H,2-11H2,1H3,(H,21,23)/t12-,13-,14-,15+,16+,17+/m0/s1. The van der Waals surface area contributed by atoms with Gasteiger partial charge in [0.15, 0.2) is 0 Å². The summed E-state index contributed by atoms with van der Waals surface area (Å²) in [6, 6.07) is 0.204. The lowest BCUT2D eigenvalue weighted by Crippen LogP contribution is -2.42. The molecule has 4 fully saturated rings. The molecule has 0 radical (unpaired) electrons. The van der Waals surface area contributed by atoms with E-state index in [0.717, 1.165) is 37.5 Å². The van der Waals surface area contributed by atoms with Crippen molar-refractivity contribution in [1.29, 1.82) is 0 Å². The zero-order valence-electron chi connectivity index (χ0n) is 15.2. The van der Waals surface area contributed by atoms with Gasteiger partial charge >= 0.3 is 0 Å². The first-order valence-electron chi connectivity index (χ1n) is 10.2. The van der Waals surface area contributed by atoms with E-state index in [9.17, 15) is 14.4 Å². The maximum absolute atomic E-state index is 12.5. The van der Waals surface area contributed by atoms with Gasteiger partial charge in [-0.3, -0.25) is 19.3 Å². The number of nitrogens with one attached hydrogen (secondary N) is 1. The highest BCUT2D eigenvalue weighted by atomic mass is 16.2. The first-order chi connectivity index (χ1) is 12.0. The maximum Gasteiger partial charge on any atom is 0.233 e. The molecule has 3 amide bonds. The van der Waals surface area contributed by atoms with Crippen molar-refractivity contribution in [3.63, 3.8) is 0 Å². The van der Waals surface area contributed by atoms with Crippen molar-refractivity contribution in [2.24, 2.45) is 29.6 Å². The average molecular weight is 346 g/mol. The van der Waals surface area contributed by atoms with Crippen LogP contribution >= 0.6 is 0 Å². The number of hydrogen-bond donors (Lipinski definition) is 1. The molecular weight excluding hydrogens is 316 g/mol. The number of fused-ring (bicyclic) bond motifs is 3. The van der Waals surface area contributed by atoms with E-state index in [4.69, 9.17) is 0 Å². The molecule has 3 aliphatic carbocycles. The lowest BCUT2D eigenvalue weighted by Gasteiger charge is -2.28. The predicted octanol–water partition coefficient (Wildman–Crippen LogP) is 2.49. The van der Waals surface area contributed by atoms with Crippen molar-refractivity contribution >= 4 is 17.7 Å². The van der Waals surface area contributed by atoms with E-state index in [1.165, 1.54) is 30.6 Å².